The van der Waals surface area contributed by atoms with E-state index in [1.807, 2.05) is 7.05 Å². The van der Waals surface area contributed by atoms with Gasteiger partial charge in [0.1, 0.15) is 0 Å². The van der Waals surface area contributed by atoms with Gasteiger partial charge >= 0.3 is 0 Å². The maximum absolute atomic E-state index is 10.8. The summed E-state index contributed by atoms with van der Waals surface area (Å²) in [5.74, 6) is -0.306. The minimum atomic E-state index is -0.306. The van der Waals surface area contributed by atoms with E-state index in [2.05, 4.69) is 5.32 Å². The normalized spacial score (nSPS) is 20.5. The van der Waals surface area contributed by atoms with Gasteiger partial charge in [0.2, 0.25) is 5.91 Å². The van der Waals surface area contributed by atoms with Crippen LogP contribution in [0.25, 0.3) is 0 Å². The Morgan fingerprint density at radius 1 is 1.64 bits per heavy atom. The number of hydroxylamine groups is 1. The van der Waals surface area contributed by atoms with Crippen LogP contribution in [0, 0.1) is 0 Å². The zero-order chi connectivity index (χ0) is 8.32. The van der Waals surface area contributed by atoms with Gasteiger partial charge in [-0.2, -0.15) is 0 Å². The van der Waals surface area contributed by atoms with Crippen LogP contribution < -0.4 is 10.8 Å². The number of hydrogen-bond donors (Lipinski definition) is 3. The molecule has 0 bridgehead atoms. The SMILES string of the molecule is CNC1(CC(=O)NO)CCC1. The molecule has 0 radical (unpaired) electrons. The fourth-order valence-corrected chi connectivity index (χ4v) is 1.47. The Balaban J connectivity index is 2.38. The van der Waals surface area contributed by atoms with Crippen molar-refractivity contribution in [3.63, 3.8) is 0 Å². The number of hydrogen-bond acceptors (Lipinski definition) is 3. The minimum absolute atomic E-state index is 0.0349. The Kier molecular flexibility index (Phi) is 2.46. The number of nitrogens with one attached hydrogen (secondary N) is 2. The fraction of sp³-hybridized carbons (Fsp3) is 0.857. The molecule has 1 rings (SSSR count). The molecule has 1 aliphatic rings. The van der Waals surface area contributed by atoms with E-state index < -0.39 is 0 Å². The Labute approximate surface area is 65.9 Å². The number of carbonyl (C=O) groups excluding carboxylic acids is 1. The molecular formula is C7H14N2O2. The van der Waals surface area contributed by atoms with E-state index in [1.54, 1.807) is 5.48 Å². The van der Waals surface area contributed by atoms with Crippen molar-refractivity contribution in [2.24, 2.45) is 0 Å². The van der Waals surface area contributed by atoms with Gasteiger partial charge in [-0.15, -0.1) is 0 Å². The van der Waals surface area contributed by atoms with Crippen LogP contribution in [-0.2, 0) is 4.79 Å². The summed E-state index contributed by atoms with van der Waals surface area (Å²) < 4.78 is 0. The molecule has 1 fully saturated rings. The van der Waals surface area contributed by atoms with Crippen LogP contribution in [0.3, 0.4) is 0 Å². The van der Waals surface area contributed by atoms with Crippen molar-refractivity contribution >= 4 is 5.91 Å². The second kappa shape index (κ2) is 3.19. The first kappa shape index (κ1) is 8.49. The highest BCUT2D eigenvalue weighted by atomic mass is 16.5. The van der Waals surface area contributed by atoms with Crippen molar-refractivity contribution < 1.29 is 10.0 Å². The highest BCUT2D eigenvalue weighted by molar-refractivity contribution is 5.76. The van der Waals surface area contributed by atoms with E-state index in [4.69, 9.17) is 5.21 Å². The van der Waals surface area contributed by atoms with Crippen molar-refractivity contribution in [2.75, 3.05) is 7.05 Å². The monoisotopic (exact) mass is 158 g/mol. The van der Waals surface area contributed by atoms with E-state index >= 15 is 0 Å². The molecule has 64 valence electrons. The van der Waals surface area contributed by atoms with Crippen LogP contribution in [-0.4, -0.2) is 23.7 Å². The van der Waals surface area contributed by atoms with Crippen molar-refractivity contribution in [1.82, 2.24) is 10.8 Å². The average Bonchev–Trinajstić information content (AvgIpc) is 1.96. The lowest BCUT2D eigenvalue weighted by molar-refractivity contribution is -0.131. The largest absolute Gasteiger partial charge is 0.314 e. The van der Waals surface area contributed by atoms with E-state index in [0.29, 0.717) is 6.42 Å². The predicted octanol–water partition coefficient (Wildman–Crippen LogP) is 0.0240. The lowest BCUT2D eigenvalue weighted by Crippen LogP contribution is -2.51. The summed E-state index contributed by atoms with van der Waals surface area (Å²) in [6.45, 7) is 0. The highest BCUT2D eigenvalue weighted by Crippen LogP contribution is 2.34. The molecule has 4 nitrogen and oxygen atoms in total. The van der Waals surface area contributed by atoms with Gasteiger partial charge in [0.05, 0.1) is 0 Å². The van der Waals surface area contributed by atoms with Crippen LogP contribution in [0.15, 0.2) is 0 Å². The second-order valence-corrected chi connectivity index (χ2v) is 3.10. The quantitative estimate of drug-likeness (QED) is 0.401. The van der Waals surface area contributed by atoms with Crippen LogP contribution in [0.4, 0.5) is 0 Å². The minimum Gasteiger partial charge on any atom is -0.314 e. The van der Waals surface area contributed by atoms with Crippen LogP contribution in [0.5, 0.6) is 0 Å². The Morgan fingerprint density at radius 2 is 2.27 bits per heavy atom. The van der Waals surface area contributed by atoms with E-state index in [9.17, 15) is 4.79 Å². The van der Waals surface area contributed by atoms with Crippen molar-refractivity contribution in [1.29, 1.82) is 0 Å². The molecule has 0 aromatic heterocycles. The number of amides is 1. The van der Waals surface area contributed by atoms with Gasteiger partial charge in [0.15, 0.2) is 0 Å². The molecule has 4 heteroatoms. The topological polar surface area (TPSA) is 61.4 Å². The van der Waals surface area contributed by atoms with Crippen molar-refractivity contribution in [2.45, 2.75) is 31.2 Å². The molecule has 0 saturated heterocycles. The Morgan fingerprint density at radius 3 is 2.55 bits per heavy atom. The summed E-state index contributed by atoms with van der Waals surface area (Å²) in [4.78, 5) is 10.8. The smallest absolute Gasteiger partial charge is 0.245 e. The van der Waals surface area contributed by atoms with Crippen LogP contribution >= 0.6 is 0 Å². The van der Waals surface area contributed by atoms with Gasteiger partial charge < -0.3 is 5.32 Å². The molecule has 3 N–H and O–H groups in total. The molecule has 1 aliphatic carbocycles. The summed E-state index contributed by atoms with van der Waals surface area (Å²) in [7, 11) is 1.85. The summed E-state index contributed by atoms with van der Waals surface area (Å²) in [6, 6.07) is 0. The van der Waals surface area contributed by atoms with E-state index in [1.165, 1.54) is 6.42 Å². The standard InChI is InChI=1S/C7H14N2O2/c1-8-7(3-2-4-7)5-6(10)9-11/h8,11H,2-5H2,1H3,(H,9,10). The molecule has 11 heavy (non-hydrogen) atoms. The Bertz CT molecular complexity index is 149. The molecule has 0 spiro atoms. The third-order valence-corrected chi connectivity index (χ3v) is 2.46. The summed E-state index contributed by atoms with van der Waals surface area (Å²) in [6.07, 6.45) is 3.59. The van der Waals surface area contributed by atoms with Gasteiger partial charge in [-0.25, -0.2) is 5.48 Å². The van der Waals surface area contributed by atoms with Gasteiger partial charge in [-0.3, -0.25) is 10.0 Å². The molecule has 1 saturated carbocycles. The maximum Gasteiger partial charge on any atom is 0.245 e. The third-order valence-electron chi connectivity index (χ3n) is 2.46. The van der Waals surface area contributed by atoms with E-state index in [-0.39, 0.29) is 11.4 Å². The number of carbonyl (C=O) groups is 1. The molecule has 0 heterocycles. The zero-order valence-electron chi connectivity index (χ0n) is 6.68. The molecule has 0 aromatic rings. The lowest BCUT2D eigenvalue weighted by Gasteiger charge is -2.41. The van der Waals surface area contributed by atoms with Crippen LogP contribution in [0.1, 0.15) is 25.7 Å². The summed E-state index contributed by atoms with van der Waals surface area (Å²) in [5.41, 5.74) is 1.61. The predicted molar refractivity (Wildman–Crippen MR) is 40.2 cm³/mol. The fourth-order valence-electron chi connectivity index (χ4n) is 1.47. The molecular weight excluding hydrogens is 144 g/mol. The van der Waals surface area contributed by atoms with Crippen LogP contribution in [0.2, 0.25) is 0 Å². The molecule has 0 aromatic carbocycles. The van der Waals surface area contributed by atoms with E-state index in [0.717, 1.165) is 12.8 Å². The Hall–Kier alpha value is -0.610. The second-order valence-electron chi connectivity index (χ2n) is 3.10. The highest BCUT2D eigenvalue weighted by Gasteiger charge is 2.36. The van der Waals surface area contributed by atoms with Crippen molar-refractivity contribution in [3.8, 4) is 0 Å². The molecule has 0 aliphatic heterocycles. The summed E-state index contributed by atoms with van der Waals surface area (Å²) >= 11 is 0. The first-order valence-corrected chi connectivity index (χ1v) is 3.84. The van der Waals surface area contributed by atoms with Gasteiger partial charge in [0, 0.05) is 12.0 Å². The van der Waals surface area contributed by atoms with Gasteiger partial charge in [-0.05, 0) is 26.3 Å². The molecule has 0 unspecified atom stereocenters. The average molecular weight is 158 g/mol. The number of rotatable bonds is 3. The van der Waals surface area contributed by atoms with Crippen molar-refractivity contribution in [3.05, 3.63) is 0 Å². The van der Waals surface area contributed by atoms with Gasteiger partial charge in [-0.1, -0.05) is 0 Å². The molecule has 0 atom stereocenters. The lowest BCUT2D eigenvalue weighted by atomic mass is 9.74. The maximum atomic E-state index is 10.8. The zero-order valence-corrected chi connectivity index (χ0v) is 6.68. The molecule has 1 amide bonds. The van der Waals surface area contributed by atoms with Gasteiger partial charge in [0.25, 0.3) is 0 Å². The first-order chi connectivity index (χ1) is 5.22. The summed E-state index contributed by atoms with van der Waals surface area (Å²) in [5, 5.41) is 11.4. The first-order valence-electron chi connectivity index (χ1n) is 3.84. The third kappa shape index (κ3) is 1.70.